The maximum absolute atomic E-state index is 13.1. The predicted octanol–water partition coefficient (Wildman–Crippen LogP) is 3.90. The normalized spacial score (nSPS) is 12.7. The smallest absolute Gasteiger partial charge is 0.159 e. The average molecular weight is 251 g/mol. The molecule has 1 atom stereocenters. The molecule has 18 heavy (non-hydrogen) atoms. The molecule has 1 heterocycles. The summed E-state index contributed by atoms with van der Waals surface area (Å²) in [4.78, 5) is 0. The molecule has 0 aliphatic carbocycles. The molecule has 1 aromatic heterocycles. The minimum Gasteiger partial charge on any atom is -0.459 e. The number of halogens is 2. The summed E-state index contributed by atoms with van der Waals surface area (Å²) in [7, 11) is 0. The molecular formula is C14H15F2NO. The monoisotopic (exact) mass is 251 g/mol. The molecule has 0 saturated carbocycles. The molecule has 2 nitrogen and oxygen atoms in total. The van der Waals surface area contributed by atoms with E-state index in [0.29, 0.717) is 11.3 Å². The van der Waals surface area contributed by atoms with Gasteiger partial charge in [0.2, 0.25) is 0 Å². The maximum atomic E-state index is 13.1. The Morgan fingerprint density at radius 1 is 1.17 bits per heavy atom. The maximum Gasteiger partial charge on any atom is 0.159 e. The summed E-state index contributed by atoms with van der Waals surface area (Å²) in [6, 6.07) is 7.42. The number of benzene rings is 1. The van der Waals surface area contributed by atoms with Crippen LogP contribution in [0.1, 0.15) is 25.6 Å². The van der Waals surface area contributed by atoms with Crippen LogP contribution in [0.15, 0.2) is 34.7 Å². The molecular weight excluding hydrogens is 236 g/mol. The summed E-state index contributed by atoms with van der Waals surface area (Å²) >= 11 is 0. The van der Waals surface area contributed by atoms with Crippen LogP contribution < -0.4 is 5.32 Å². The number of rotatable bonds is 4. The summed E-state index contributed by atoms with van der Waals surface area (Å²) in [5, 5.41) is 3.22. The van der Waals surface area contributed by atoms with Crippen molar-refractivity contribution in [3.63, 3.8) is 0 Å². The zero-order valence-corrected chi connectivity index (χ0v) is 10.3. The van der Waals surface area contributed by atoms with E-state index in [1.54, 1.807) is 6.07 Å². The number of hydrogen-bond acceptors (Lipinski definition) is 2. The Bertz CT molecular complexity index is 536. The Morgan fingerprint density at radius 3 is 2.61 bits per heavy atom. The van der Waals surface area contributed by atoms with E-state index in [1.807, 2.05) is 19.9 Å². The summed E-state index contributed by atoms with van der Waals surface area (Å²) in [6.45, 7) is 4.83. The highest BCUT2D eigenvalue weighted by atomic mass is 19.2. The minimum absolute atomic E-state index is 0.0917. The van der Waals surface area contributed by atoms with Gasteiger partial charge in [0.15, 0.2) is 11.6 Å². The van der Waals surface area contributed by atoms with Crippen molar-refractivity contribution >= 4 is 0 Å². The Kier molecular flexibility index (Phi) is 3.77. The van der Waals surface area contributed by atoms with Crippen LogP contribution in [0.4, 0.5) is 8.78 Å². The average Bonchev–Trinajstić information content (AvgIpc) is 2.82. The van der Waals surface area contributed by atoms with Gasteiger partial charge in [0.1, 0.15) is 11.5 Å². The van der Waals surface area contributed by atoms with Crippen molar-refractivity contribution in [3.8, 4) is 11.3 Å². The highest BCUT2D eigenvalue weighted by Crippen LogP contribution is 2.26. The van der Waals surface area contributed by atoms with Gasteiger partial charge in [-0.3, -0.25) is 0 Å². The molecule has 0 aliphatic heterocycles. The van der Waals surface area contributed by atoms with Gasteiger partial charge in [-0.15, -0.1) is 0 Å². The van der Waals surface area contributed by atoms with Crippen LogP contribution in [0.3, 0.4) is 0 Å². The van der Waals surface area contributed by atoms with E-state index in [-0.39, 0.29) is 6.04 Å². The van der Waals surface area contributed by atoms with Crippen molar-refractivity contribution in [1.29, 1.82) is 0 Å². The van der Waals surface area contributed by atoms with Gasteiger partial charge in [0, 0.05) is 5.56 Å². The molecule has 0 spiro atoms. The van der Waals surface area contributed by atoms with E-state index in [0.717, 1.165) is 24.4 Å². The fourth-order valence-electron chi connectivity index (χ4n) is 1.80. The first kappa shape index (κ1) is 12.8. The Labute approximate surface area is 105 Å². The van der Waals surface area contributed by atoms with E-state index >= 15 is 0 Å². The lowest BCUT2D eigenvalue weighted by Gasteiger charge is -2.08. The fourth-order valence-corrected chi connectivity index (χ4v) is 1.80. The molecule has 96 valence electrons. The van der Waals surface area contributed by atoms with Crippen molar-refractivity contribution in [3.05, 3.63) is 47.7 Å². The van der Waals surface area contributed by atoms with Crippen LogP contribution in [-0.2, 0) is 0 Å². The van der Waals surface area contributed by atoms with Crippen molar-refractivity contribution in [2.75, 3.05) is 6.54 Å². The Hall–Kier alpha value is -1.68. The van der Waals surface area contributed by atoms with Gasteiger partial charge in [0.05, 0.1) is 6.04 Å². The van der Waals surface area contributed by atoms with Crippen LogP contribution in [0.5, 0.6) is 0 Å². The summed E-state index contributed by atoms with van der Waals surface area (Å²) in [6.07, 6.45) is 0. The van der Waals surface area contributed by atoms with Crippen LogP contribution in [0.25, 0.3) is 11.3 Å². The van der Waals surface area contributed by atoms with E-state index in [2.05, 4.69) is 5.32 Å². The topological polar surface area (TPSA) is 25.2 Å². The minimum atomic E-state index is -0.870. The lowest BCUT2D eigenvalue weighted by atomic mass is 10.1. The molecule has 0 fully saturated rings. The van der Waals surface area contributed by atoms with E-state index in [1.165, 1.54) is 6.07 Å². The molecule has 1 aromatic carbocycles. The van der Waals surface area contributed by atoms with E-state index < -0.39 is 11.6 Å². The molecule has 1 unspecified atom stereocenters. The predicted molar refractivity (Wildman–Crippen MR) is 66.2 cm³/mol. The first-order valence-electron chi connectivity index (χ1n) is 5.90. The first-order chi connectivity index (χ1) is 8.61. The van der Waals surface area contributed by atoms with Gasteiger partial charge in [0.25, 0.3) is 0 Å². The molecule has 0 bridgehead atoms. The quantitative estimate of drug-likeness (QED) is 0.891. The van der Waals surface area contributed by atoms with Gasteiger partial charge < -0.3 is 9.73 Å². The van der Waals surface area contributed by atoms with Crippen LogP contribution >= 0.6 is 0 Å². The highest BCUT2D eigenvalue weighted by Gasteiger charge is 2.11. The molecule has 0 radical (unpaired) electrons. The van der Waals surface area contributed by atoms with Crippen LogP contribution in [0, 0.1) is 11.6 Å². The van der Waals surface area contributed by atoms with Gasteiger partial charge in [-0.1, -0.05) is 6.92 Å². The van der Waals surface area contributed by atoms with Crippen LogP contribution in [0.2, 0.25) is 0 Å². The standard InChI is InChI=1S/C14H15F2NO/c1-3-17-9(2)13-6-7-14(18-13)10-4-5-11(15)12(16)8-10/h4-9,17H,3H2,1-2H3. The molecule has 0 amide bonds. The zero-order valence-electron chi connectivity index (χ0n) is 10.3. The largest absolute Gasteiger partial charge is 0.459 e. The molecule has 2 aromatic rings. The third kappa shape index (κ3) is 2.59. The van der Waals surface area contributed by atoms with E-state index in [9.17, 15) is 8.78 Å². The molecule has 2 rings (SSSR count). The summed E-state index contributed by atoms with van der Waals surface area (Å²) < 4.78 is 31.6. The van der Waals surface area contributed by atoms with Gasteiger partial charge >= 0.3 is 0 Å². The van der Waals surface area contributed by atoms with Crippen molar-refractivity contribution in [1.82, 2.24) is 5.32 Å². The van der Waals surface area contributed by atoms with Crippen molar-refractivity contribution in [2.45, 2.75) is 19.9 Å². The van der Waals surface area contributed by atoms with Gasteiger partial charge in [-0.05, 0) is 43.8 Å². The van der Waals surface area contributed by atoms with Gasteiger partial charge in [-0.2, -0.15) is 0 Å². The fraction of sp³-hybridized carbons (Fsp3) is 0.286. The molecule has 1 N–H and O–H groups in total. The summed E-state index contributed by atoms with van der Waals surface area (Å²) in [5.41, 5.74) is 0.531. The van der Waals surface area contributed by atoms with Crippen molar-refractivity contribution < 1.29 is 13.2 Å². The second-order valence-corrected chi connectivity index (χ2v) is 4.11. The van der Waals surface area contributed by atoms with Crippen LogP contribution in [-0.4, -0.2) is 6.54 Å². The number of hydrogen-bond donors (Lipinski definition) is 1. The van der Waals surface area contributed by atoms with E-state index in [4.69, 9.17) is 4.42 Å². The molecule has 0 aliphatic rings. The third-order valence-electron chi connectivity index (χ3n) is 2.77. The SMILES string of the molecule is CCNC(C)c1ccc(-c2ccc(F)c(F)c2)o1. The Morgan fingerprint density at radius 2 is 1.94 bits per heavy atom. The Balaban J connectivity index is 2.26. The summed E-state index contributed by atoms with van der Waals surface area (Å²) in [5.74, 6) is -0.415. The third-order valence-corrected chi connectivity index (χ3v) is 2.77. The highest BCUT2D eigenvalue weighted by molar-refractivity contribution is 5.57. The number of nitrogens with one attached hydrogen (secondary N) is 1. The zero-order chi connectivity index (χ0) is 13.1. The number of furan rings is 1. The van der Waals surface area contributed by atoms with Crippen molar-refractivity contribution in [2.24, 2.45) is 0 Å². The molecule has 0 saturated heterocycles. The lowest BCUT2D eigenvalue weighted by Crippen LogP contribution is -2.16. The second-order valence-electron chi connectivity index (χ2n) is 4.11. The molecule has 4 heteroatoms. The lowest BCUT2D eigenvalue weighted by molar-refractivity contribution is 0.444. The second kappa shape index (κ2) is 5.31. The first-order valence-corrected chi connectivity index (χ1v) is 5.90. The van der Waals surface area contributed by atoms with Gasteiger partial charge in [-0.25, -0.2) is 8.78 Å².